The van der Waals surface area contributed by atoms with Gasteiger partial charge in [0.25, 0.3) is 5.56 Å². The Hall–Kier alpha value is -3.62. The van der Waals surface area contributed by atoms with Gasteiger partial charge in [-0.15, -0.1) is 0 Å². The van der Waals surface area contributed by atoms with E-state index in [-0.39, 0.29) is 44.2 Å². The minimum atomic E-state index is -0.773. The average molecular weight is 457 g/mol. The number of carbonyl (C=O) groups is 1. The first-order valence-electron chi connectivity index (χ1n) is 8.99. The number of halogens is 2. The fourth-order valence-electron chi connectivity index (χ4n) is 3.46. The number of nitrogens with zero attached hydrogens (tertiary/aromatic N) is 1. The van der Waals surface area contributed by atoms with Crippen molar-refractivity contribution < 1.29 is 4.79 Å². The maximum absolute atomic E-state index is 13.4. The first kappa shape index (κ1) is 20.6. The predicted molar refractivity (Wildman–Crippen MR) is 119 cm³/mol. The van der Waals surface area contributed by atoms with Gasteiger partial charge in [0.15, 0.2) is 0 Å². The molecule has 4 rings (SSSR count). The zero-order chi connectivity index (χ0) is 22.3. The largest absolute Gasteiger partial charge is 0.366 e. The molecule has 8 nitrogen and oxygen atoms in total. The number of H-pyrrole nitrogens is 2. The minimum absolute atomic E-state index is 0.0387. The summed E-state index contributed by atoms with van der Waals surface area (Å²) in [7, 11) is 0. The van der Waals surface area contributed by atoms with Gasteiger partial charge in [0.05, 0.1) is 22.5 Å². The summed E-state index contributed by atoms with van der Waals surface area (Å²) >= 11 is 12.4. The summed E-state index contributed by atoms with van der Waals surface area (Å²) in [5.74, 6) is -0.773. The average Bonchev–Trinajstić information content (AvgIpc) is 2.70. The Labute approximate surface area is 183 Å². The molecule has 0 radical (unpaired) electrons. The van der Waals surface area contributed by atoms with Crippen molar-refractivity contribution in [3.8, 4) is 11.1 Å². The molecule has 10 heteroatoms. The SMILES string of the molecule is NC(=O)c1cc(Cl)cc(Cl)c1-c1cccc2[nH]c(=O)n(Cc3cc[nH]c(=O)c3)c(=O)c12. The van der Waals surface area contributed by atoms with Gasteiger partial charge in [-0.05, 0) is 35.4 Å². The number of aromatic amines is 2. The third kappa shape index (κ3) is 3.78. The Bertz CT molecular complexity index is 1540. The zero-order valence-electron chi connectivity index (χ0n) is 15.7. The highest BCUT2D eigenvalue weighted by molar-refractivity contribution is 6.38. The number of rotatable bonds is 4. The number of primary amides is 1. The van der Waals surface area contributed by atoms with E-state index < -0.39 is 17.2 Å². The number of nitrogens with two attached hydrogens (primary N) is 1. The molecule has 1 amide bonds. The lowest BCUT2D eigenvalue weighted by Crippen LogP contribution is -2.35. The van der Waals surface area contributed by atoms with Crippen LogP contribution < -0.4 is 22.5 Å². The number of hydrogen-bond acceptors (Lipinski definition) is 4. The van der Waals surface area contributed by atoms with E-state index in [1.807, 2.05) is 0 Å². The van der Waals surface area contributed by atoms with E-state index in [4.69, 9.17) is 28.9 Å². The van der Waals surface area contributed by atoms with Crippen molar-refractivity contribution in [2.75, 3.05) is 0 Å². The minimum Gasteiger partial charge on any atom is -0.366 e. The van der Waals surface area contributed by atoms with Gasteiger partial charge >= 0.3 is 5.69 Å². The van der Waals surface area contributed by atoms with Crippen LogP contribution in [0.4, 0.5) is 0 Å². The first-order chi connectivity index (χ1) is 14.8. The van der Waals surface area contributed by atoms with Crippen LogP contribution in [-0.2, 0) is 6.54 Å². The van der Waals surface area contributed by atoms with E-state index in [0.29, 0.717) is 11.1 Å². The topological polar surface area (TPSA) is 131 Å². The summed E-state index contributed by atoms with van der Waals surface area (Å²) in [6.45, 7) is -0.126. The van der Waals surface area contributed by atoms with Crippen LogP contribution >= 0.6 is 23.2 Å². The zero-order valence-corrected chi connectivity index (χ0v) is 17.3. The molecule has 0 aliphatic heterocycles. The van der Waals surface area contributed by atoms with Crippen molar-refractivity contribution >= 4 is 40.0 Å². The molecule has 0 saturated carbocycles. The molecular formula is C21H14Cl2N4O4. The van der Waals surface area contributed by atoms with Crippen molar-refractivity contribution in [2.24, 2.45) is 5.73 Å². The molecular weight excluding hydrogens is 443 g/mol. The molecule has 0 spiro atoms. The molecule has 0 atom stereocenters. The molecule has 31 heavy (non-hydrogen) atoms. The van der Waals surface area contributed by atoms with Crippen molar-refractivity contribution in [1.29, 1.82) is 0 Å². The second-order valence-corrected chi connectivity index (χ2v) is 7.63. The van der Waals surface area contributed by atoms with Gasteiger partial charge in [-0.25, -0.2) is 4.79 Å². The lowest BCUT2D eigenvalue weighted by Gasteiger charge is -2.14. The van der Waals surface area contributed by atoms with E-state index in [1.165, 1.54) is 24.4 Å². The van der Waals surface area contributed by atoms with Crippen molar-refractivity contribution in [2.45, 2.75) is 6.54 Å². The van der Waals surface area contributed by atoms with Gasteiger partial charge in [-0.1, -0.05) is 35.3 Å². The molecule has 2 aromatic heterocycles. The van der Waals surface area contributed by atoms with Crippen LogP contribution in [-0.4, -0.2) is 20.4 Å². The smallest absolute Gasteiger partial charge is 0.329 e. The van der Waals surface area contributed by atoms with Crippen LogP contribution in [0.25, 0.3) is 22.0 Å². The van der Waals surface area contributed by atoms with Crippen molar-refractivity contribution in [3.63, 3.8) is 0 Å². The molecule has 156 valence electrons. The van der Waals surface area contributed by atoms with Crippen LogP contribution in [0.2, 0.25) is 10.0 Å². The number of hydrogen-bond donors (Lipinski definition) is 3. The van der Waals surface area contributed by atoms with E-state index >= 15 is 0 Å². The second-order valence-electron chi connectivity index (χ2n) is 6.79. The number of benzene rings is 2. The Morgan fingerprint density at radius 3 is 2.55 bits per heavy atom. The standard InChI is InChI=1S/C21H14Cl2N4O4/c22-11-7-13(19(24)29)17(14(23)8-11)12-2-1-3-15-18(12)20(30)27(21(31)26-15)9-10-4-5-25-16(28)6-10/h1-8H,9H2,(H2,24,29)(H,25,28)(H,26,31). The molecule has 0 aliphatic rings. The summed E-state index contributed by atoms with van der Waals surface area (Å²) in [6.07, 6.45) is 1.43. The van der Waals surface area contributed by atoms with Gasteiger partial charge in [0.2, 0.25) is 11.5 Å². The number of nitrogens with one attached hydrogen (secondary N) is 2. The molecule has 0 unspecified atom stereocenters. The fourth-order valence-corrected chi connectivity index (χ4v) is 4.06. The highest BCUT2D eigenvalue weighted by Crippen LogP contribution is 2.36. The van der Waals surface area contributed by atoms with E-state index in [1.54, 1.807) is 24.3 Å². The monoisotopic (exact) mass is 456 g/mol. The molecule has 2 heterocycles. The lowest BCUT2D eigenvalue weighted by atomic mass is 9.96. The maximum Gasteiger partial charge on any atom is 0.329 e. The van der Waals surface area contributed by atoms with Gasteiger partial charge in [-0.2, -0.15) is 0 Å². The summed E-state index contributed by atoms with van der Waals surface area (Å²) in [5.41, 5.74) is 5.21. The van der Waals surface area contributed by atoms with E-state index in [9.17, 15) is 19.2 Å². The van der Waals surface area contributed by atoms with Crippen LogP contribution in [0.1, 0.15) is 15.9 Å². The van der Waals surface area contributed by atoms with Crippen LogP contribution in [0.5, 0.6) is 0 Å². The summed E-state index contributed by atoms with van der Waals surface area (Å²) < 4.78 is 0.967. The van der Waals surface area contributed by atoms with Gasteiger partial charge < -0.3 is 15.7 Å². The predicted octanol–water partition coefficient (Wildman–Crippen LogP) is 2.50. The summed E-state index contributed by atoms with van der Waals surface area (Å²) in [5, 5.41) is 0.474. The Kier molecular flexibility index (Phi) is 5.26. The maximum atomic E-state index is 13.4. The lowest BCUT2D eigenvalue weighted by molar-refractivity contribution is 0.100. The number of fused-ring (bicyclic) bond motifs is 1. The molecule has 0 aliphatic carbocycles. The Morgan fingerprint density at radius 1 is 1.06 bits per heavy atom. The van der Waals surface area contributed by atoms with E-state index in [0.717, 1.165) is 4.57 Å². The van der Waals surface area contributed by atoms with Crippen LogP contribution in [0.15, 0.2) is 63.0 Å². The number of carbonyl (C=O) groups excluding carboxylic acids is 1. The third-order valence-electron chi connectivity index (χ3n) is 4.78. The molecule has 4 N–H and O–H groups in total. The Balaban J connectivity index is 2.04. The molecule has 0 bridgehead atoms. The highest BCUT2D eigenvalue weighted by Gasteiger charge is 2.20. The molecule has 2 aromatic carbocycles. The number of aromatic nitrogens is 3. The first-order valence-corrected chi connectivity index (χ1v) is 9.74. The fraction of sp³-hybridized carbons (Fsp3) is 0.0476. The molecule has 4 aromatic rings. The Morgan fingerprint density at radius 2 is 1.84 bits per heavy atom. The van der Waals surface area contributed by atoms with Gasteiger partial charge in [-0.3, -0.25) is 19.0 Å². The summed E-state index contributed by atoms with van der Waals surface area (Å²) in [4.78, 5) is 54.7. The van der Waals surface area contributed by atoms with Crippen molar-refractivity contribution in [1.82, 2.24) is 14.5 Å². The normalized spacial score (nSPS) is 11.0. The second kappa shape index (κ2) is 7.90. The molecule has 0 fully saturated rings. The quantitative estimate of drug-likeness (QED) is 0.435. The third-order valence-corrected chi connectivity index (χ3v) is 5.30. The summed E-state index contributed by atoms with van der Waals surface area (Å²) in [6, 6.07) is 10.5. The van der Waals surface area contributed by atoms with Gasteiger partial charge in [0, 0.05) is 28.4 Å². The van der Waals surface area contributed by atoms with Gasteiger partial charge in [0.1, 0.15) is 0 Å². The number of amides is 1. The van der Waals surface area contributed by atoms with Crippen molar-refractivity contribution in [3.05, 3.63) is 101 Å². The highest BCUT2D eigenvalue weighted by atomic mass is 35.5. The number of pyridine rings is 1. The van der Waals surface area contributed by atoms with Crippen LogP contribution in [0.3, 0.4) is 0 Å². The van der Waals surface area contributed by atoms with E-state index in [2.05, 4.69) is 9.97 Å². The van der Waals surface area contributed by atoms with Crippen LogP contribution in [0, 0.1) is 0 Å². The molecule has 0 saturated heterocycles.